The van der Waals surface area contributed by atoms with Crippen LogP contribution in [-0.2, 0) is 9.53 Å². The quantitative estimate of drug-likeness (QED) is 0.658. The van der Waals surface area contributed by atoms with Gasteiger partial charge in [0.1, 0.15) is 0 Å². The van der Waals surface area contributed by atoms with E-state index in [-0.39, 0.29) is 5.91 Å². The molecule has 1 aliphatic carbocycles. The molecule has 0 radical (unpaired) electrons. The summed E-state index contributed by atoms with van der Waals surface area (Å²) in [6.45, 7) is 4.46. The Bertz CT molecular complexity index is 252. The summed E-state index contributed by atoms with van der Waals surface area (Å²) < 4.78 is 5.34. The molecule has 0 N–H and O–H groups in total. The summed E-state index contributed by atoms with van der Waals surface area (Å²) >= 11 is 0. The molecule has 0 spiro atoms. The minimum atomic E-state index is 0.173. The van der Waals surface area contributed by atoms with Gasteiger partial charge in [0.25, 0.3) is 0 Å². The van der Waals surface area contributed by atoms with E-state index in [0.717, 1.165) is 26.2 Å². The molecular formula is C12H19NO2. The Morgan fingerprint density at radius 1 is 1.47 bits per heavy atom. The predicted molar refractivity (Wildman–Crippen MR) is 58.5 cm³/mol. The molecule has 1 aliphatic heterocycles. The van der Waals surface area contributed by atoms with Crippen LogP contribution in [0.1, 0.15) is 26.2 Å². The van der Waals surface area contributed by atoms with Crippen molar-refractivity contribution in [3.63, 3.8) is 0 Å². The maximum absolute atomic E-state index is 11.8. The summed E-state index contributed by atoms with van der Waals surface area (Å²) in [6, 6.07) is 0.509. The molecule has 2 aliphatic rings. The lowest BCUT2D eigenvalue weighted by molar-refractivity contribution is -0.127. The fourth-order valence-electron chi connectivity index (χ4n) is 2.05. The number of allylic oxidation sites excluding steroid dienone is 1. The lowest BCUT2D eigenvalue weighted by atomic mass is 10.1. The zero-order valence-electron chi connectivity index (χ0n) is 9.32. The summed E-state index contributed by atoms with van der Waals surface area (Å²) in [7, 11) is 0. The Kier molecular flexibility index (Phi) is 3.41. The molecule has 2 fully saturated rings. The fourth-order valence-corrected chi connectivity index (χ4v) is 2.05. The largest absolute Gasteiger partial charge is 0.381 e. The van der Waals surface area contributed by atoms with Gasteiger partial charge in [-0.25, -0.2) is 0 Å². The third-order valence-corrected chi connectivity index (χ3v) is 3.06. The van der Waals surface area contributed by atoms with Crippen LogP contribution in [0.2, 0.25) is 0 Å². The molecule has 84 valence electrons. The van der Waals surface area contributed by atoms with E-state index in [9.17, 15) is 4.79 Å². The average Bonchev–Trinajstić information content (AvgIpc) is 2.93. The zero-order chi connectivity index (χ0) is 10.7. The first-order valence-corrected chi connectivity index (χ1v) is 5.82. The van der Waals surface area contributed by atoms with Gasteiger partial charge in [0.2, 0.25) is 5.91 Å². The molecule has 1 amide bonds. The second-order valence-electron chi connectivity index (χ2n) is 4.45. The van der Waals surface area contributed by atoms with Crippen LogP contribution in [0.5, 0.6) is 0 Å². The van der Waals surface area contributed by atoms with Gasteiger partial charge in [0.05, 0.1) is 6.61 Å². The molecule has 2 rings (SSSR count). The zero-order valence-corrected chi connectivity index (χ0v) is 9.32. The van der Waals surface area contributed by atoms with E-state index in [0.29, 0.717) is 12.0 Å². The molecule has 0 bridgehead atoms. The number of ether oxygens (including phenoxy) is 1. The van der Waals surface area contributed by atoms with Crippen LogP contribution in [-0.4, -0.2) is 36.6 Å². The highest BCUT2D eigenvalue weighted by molar-refractivity contribution is 5.88. The van der Waals surface area contributed by atoms with Crippen LogP contribution >= 0.6 is 0 Å². The van der Waals surface area contributed by atoms with Gasteiger partial charge in [-0.3, -0.25) is 4.79 Å². The third-order valence-electron chi connectivity index (χ3n) is 3.06. The highest BCUT2D eigenvalue weighted by Gasteiger charge is 2.33. The van der Waals surface area contributed by atoms with Gasteiger partial charge in [-0.1, -0.05) is 6.08 Å². The fraction of sp³-hybridized carbons (Fsp3) is 0.750. The van der Waals surface area contributed by atoms with E-state index in [1.165, 1.54) is 12.8 Å². The SMILES string of the molecule is CC=CC(=O)N(CC1CCOC1)C1CC1. The smallest absolute Gasteiger partial charge is 0.246 e. The van der Waals surface area contributed by atoms with Crippen LogP contribution in [0.4, 0.5) is 0 Å². The predicted octanol–water partition coefficient (Wildman–Crippen LogP) is 1.59. The van der Waals surface area contributed by atoms with E-state index >= 15 is 0 Å². The first-order chi connectivity index (χ1) is 7.31. The summed E-state index contributed by atoms with van der Waals surface area (Å²) in [6.07, 6.45) is 6.96. The van der Waals surface area contributed by atoms with Crippen molar-refractivity contribution >= 4 is 5.91 Å². The Labute approximate surface area is 91.1 Å². The minimum Gasteiger partial charge on any atom is -0.381 e. The maximum atomic E-state index is 11.8. The normalized spacial score (nSPS) is 26.1. The second-order valence-corrected chi connectivity index (χ2v) is 4.45. The average molecular weight is 209 g/mol. The molecule has 1 atom stereocenters. The van der Waals surface area contributed by atoms with Crippen molar-refractivity contribution in [2.45, 2.75) is 32.2 Å². The van der Waals surface area contributed by atoms with E-state index in [1.54, 1.807) is 6.08 Å². The van der Waals surface area contributed by atoms with E-state index in [2.05, 4.69) is 0 Å². The summed E-state index contributed by atoms with van der Waals surface area (Å²) in [4.78, 5) is 13.8. The molecule has 0 aromatic carbocycles. The molecule has 1 unspecified atom stereocenters. The molecule has 0 aromatic rings. The summed E-state index contributed by atoms with van der Waals surface area (Å²) in [5.74, 6) is 0.728. The number of hydrogen-bond donors (Lipinski definition) is 0. The molecule has 3 nitrogen and oxygen atoms in total. The first-order valence-electron chi connectivity index (χ1n) is 5.82. The summed E-state index contributed by atoms with van der Waals surface area (Å²) in [5, 5.41) is 0. The van der Waals surface area contributed by atoms with Gasteiger partial charge in [-0.05, 0) is 32.3 Å². The third kappa shape index (κ3) is 2.81. The van der Waals surface area contributed by atoms with Crippen molar-refractivity contribution in [1.82, 2.24) is 4.90 Å². The van der Waals surface area contributed by atoms with Crippen molar-refractivity contribution < 1.29 is 9.53 Å². The number of amides is 1. The minimum absolute atomic E-state index is 0.173. The summed E-state index contributed by atoms with van der Waals surface area (Å²) in [5.41, 5.74) is 0. The number of nitrogens with zero attached hydrogens (tertiary/aromatic N) is 1. The molecular weight excluding hydrogens is 190 g/mol. The van der Waals surface area contributed by atoms with E-state index in [1.807, 2.05) is 17.9 Å². The van der Waals surface area contributed by atoms with Crippen molar-refractivity contribution in [1.29, 1.82) is 0 Å². The van der Waals surface area contributed by atoms with Crippen molar-refractivity contribution in [2.24, 2.45) is 5.92 Å². The molecule has 3 heteroatoms. The number of carbonyl (C=O) groups excluding carboxylic acids is 1. The Morgan fingerprint density at radius 2 is 2.27 bits per heavy atom. The van der Waals surface area contributed by atoms with Crippen LogP contribution in [0.25, 0.3) is 0 Å². The second kappa shape index (κ2) is 4.79. The van der Waals surface area contributed by atoms with E-state index in [4.69, 9.17) is 4.74 Å². The Balaban J connectivity index is 1.90. The first kappa shape index (κ1) is 10.7. The van der Waals surface area contributed by atoms with Crippen LogP contribution in [0, 0.1) is 5.92 Å². The number of rotatable bonds is 4. The van der Waals surface area contributed by atoms with Gasteiger partial charge in [0, 0.05) is 25.1 Å². The van der Waals surface area contributed by atoms with Crippen molar-refractivity contribution in [2.75, 3.05) is 19.8 Å². The van der Waals surface area contributed by atoms with Crippen LogP contribution < -0.4 is 0 Å². The highest BCUT2D eigenvalue weighted by atomic mass is 16.5. The van der Waals surface area contributed by atoms with Gasteiger partial charge < -0.3 is 9.64 Å². The molecule has 1 saturated heterocycles. The molecule has 0 aromatic heterocycles. The maximum Gasteiger partial charge on any atom is 0.246 e. The van der Waals surface area contributed by atoms with Crippen molar-refractivity contribution in [3.8, 4) is 0 Å². The highest BCUT2D eigenvalue weighted by Crippen LogP contribution is 2.29. The monoisotopic (exact) mass is 209 g/mol. The number of hydrogen-bond acceptors (Lipinski definition) is 2. The Morgan fingerprint density at radius 3 is 2.80 bits per heavy atom. The van der Waals surface area contributed by atoms with Crippen LogP contribution in [0.3, 0.4) is 0 Å². The molecule has 1 saturated carbocycles. The lowest BCUT2D eigenvalue weighted by Crippen LogP contribution is -2.36. The molecule has 15 heavy (non-hydrogen) atoms. The van der Waals surface area contributed by atoms with Gasteiger partial charge >= 0.3 is 0 Å². The topological polar surface area (TPSA) is 29.5 Å². The number of carbonyl (C=O) groups is 1. The van der Waals surface area contributed by atoms with Gasteiger partial charge in [-0.15, -0.1) is 0 Å². The Hall–Kier alpha value is -0.830. The lowest BCUT2D eigenvalue weighted by Gasteiger charge is -2.23. The standard InChI is InChI=1S/C12H19NO2/c1-2-3-12(14)13(11-4-5-11)8-10-6-7-15-9-10/h2-3,10-11H,4-9H2,1H3. The van der Waals surface area contributed by atoms with Crippen molar-refractivity contribution in [3.05, 3.63) is 12.2 Å². The van der Waals surface area contributed by atoms with Gasteiger partial charge in [-0.2, -0.15) is 0 Å². The van der Waals surface area contributed by atoms with Crippen LogP contribution in [0.15, 0.2) is 12.2 Å². The molecule has 1 heterocycles. The van der Waals surface area contributed by atoms with Gasteiger partial charge in [0.15, 0.2) is 0 Å². The van der Waals surface area contributed by atoms with E-state index < -0.39 is 0 Å².